The third kappa shape index (κ3) is 3.99. The molecule has 0 amide bonds. The van der Waals surface area contributed by atoms with Crippen LogP contribution < -0.4 is 4.90 Å². The lowest BCUT2D eigenvalue weighted by molar-refractivity contribution is -0.00541. The van der Waals surface area contributed by atoms with E-state index in [9.17, 15) is 0 Å². The summed E-state index contributed by atoms with van der Waals surface area (Å²) >= 11 is 0. The molecule has 1 aliphatic heterocycles. The van der Waals surface area contributed by atoms with Gasteiger partial charge in [-0.15, -0.1) is 5.10 Å². The monoisotopic (exact) mass is 433 g/mol. The van der Waals surface area contributed by atoms with Crippen LogP contribution in [-0.4, -0.2) is 56.2 Å². The predicted octanol–water partition coefficient (Wildman–Crippen LogP) is 3.49. The number of aryl methyl sites for hydroxylation is 2. The molecule has 8 nitrogen and oxygen atoms in total. The van der Waals surface area contributed by atoms with Gasteiger partial charge in [-0.3, -0.25) is 4.98 Å². The highest BCUT2D eigenvalue weighted by atomic mass is 16.5. The van der Waals surface area contributed by atoms with Gasteiger partial charge in [0.25, 0.3) is 0 Å². The van der Waals surface area contributed by atoms with Gasteiger partial charge in [-0.25, -0.2) is 14.6 Å². The van der Waals surface area contributed by atoms with E-state index >= 15 is 0 Å². The Morgan fingerprint density at radius 1 is 1.09 bits per heavy atom. The molecule has 168 valence electrons. The van der Waals surface area contributed by atoms with Crippen molar-refractivity contribution in [3.63, 3.8) is 0 Å². The van der Waals surface area contributed by atoms with Crippen molar-refractivity contribution in [3.8, 4) is 11.4 Å². The molecule has 1 saturated carbocycles. The number of aromatic nitrogens is 6. The Labute approximate surface area is 189 Å². The second kappa shape index (κ2) is 8.94. The molecular weight excluding hydrogens is 402 g/mol. The number of pyridine rings is 1. The van der Waals surface area contributed by atoms with E-state index in [4.69, 9.17) is 9.72 Å². The van der Waals surface area contributed by atoms with Gasteiger partial charge in [0.05, 0.1) is 24.0 Å². The van der Waals surface area contributed by atoms with Gasteiger partial charge in [-0.1, -0.05) is 24.6 Å². The summed E-state index contributed by atoms with van der Waals surface area (Å²) in [4.78, 5) is 16.2. The van der Waals surface area contributed by atoms with Crippen molar-refractivity contribution in [2.45, 2.75) is 51.7 Å². The van der Waals surface area contributed by atoms with Crippen molar-refractivity contribution in [2.24, 2.45) is 11.8 Å². The summed E-state index contributed by atoms with van der Waals surface area (Å²) in [5.41, 5.74) is 2.90. The molecule has 2 aliphatic rings. The normalized spacial score (nSPS) is 25.2. The predicted molar refractivity (Wildman–Crippen MR) is 122 cm³/mol. The lowest BCUT2D eigenvalue weighted by atomic mass is 9.77. The van der Waals surface area contributed by atoms with Crippen LogP contribution in [0.25, 0.3) is 11.4 Å². The van der Waals surface area contributed by atoms with Crippen molar-refractivity contribution < 1.29 is 4.74 Å². The van der Waals surface area contributed by atoms with Gasteiger partial charge in [-0.05, 0) is 50.2 Å². The molecule has 0 radical (unpaired) electrons. The zero-order chi connectivity index (χ0) is 22.1. The minimum Gasteiger partial charge on any atom is -0.379 e. The van der Waals surface area contributed by atoms with Crippen LogP contribution in [0.4, 0.5) is 5.82 Å². The average Bonchev–Trinajstić information content (AvgIpc) is 3.47. The lowest BCUT2D eigenvalue weighted by Gasteiger charge is -2.36. The molecule has 3 aromatic heterocycles. The van der Waals surface area contributed by atoms with Gasteiger partial charge in [0.1, 0.15) is 17.3 Å². The molecule has 32 heavy (non-hydrogen) atoms. The molecule has 0 aromatic carbocycles. The van der Waals surface area contributed by atoms with E-state index in [0.29, 0.717) is 11.8 Å². The van der Waals surface area contributed by atoms with Gasteiger partial charge in [0.2, 0.25) is 0 Å². The van der Waals surface area contributed by atoms with E-state index in [0.717, 1.165) is 61.8 Å². The molecule has 2 fully saturated rings. The SMILES string of the molecule is CCCc1cnc(C)nc1N1C[C@H]2C[C@@H](n3cc(-c4ccccn4)nn3)[C@H](OC)C[C@H]2C1. The standard InChI is InChI=1S/C24H31N7O/c1-4-7-17-12-26-16(2)27-24(17)30-13-18-10-22(23(32-3)11-19(18)14-30)31-15-21(28-29-31)20-8-5-6-9-25-20/h5-6,8-9,12,15,18-19,22-23H,4,7,10-11,13-14H2,1-3H3/t18-,19+,22-,23-/m1/s1. The number of fused-ring (bicyclic) bond motifs is 1. The topological polar surface area (TPSA) is 81.9 Å². The first-order valence-corrected chi connectivity index (χ1v) is 11.6. The number of hydrogen-bond donors (Lipinski definition) is 0. The van der Waals surface area contributed by atoms with Gasteiger partial charge >= 0.3 is 0 Å². The minimum atomic E-state index is 0.122. The minimum absolute atomic E-state index is 0.122. The molecule has 5 rings (SSSR count). The molecule has 4 atom stereocenters. The van der Waals surface area contributed by atoms with Crippen molar-refractivity contribution in [2.75, 3.05) is 25.1 Å². The Morgan fingerprint density at radius 3 is 2.69 bits per heavy atom. The summed E-state index contributed by atoms with van der Waals surface area (Å²) in [6.45, 7) is 6.23. The van der Waals surface area contributed by atoms with E-state index in [1.54, 1.807) is 6.20 Å². The van der Waals surface area contributed by atoms with Crippen LogP contribution in [0, 0.1) is 18.8 Å². The second-order valence-electron chi connectivity index (χ2n) is 9.05. The lowest BCUT2D eigenvalue weighted by Crippen LogP contribution is -2.37. The molecule has 0 spiro atoms. The third-order valence-electron chi connectivity index (χ3n) is 6.95. The van der Waals surface area contributed by atoms with Crippen LogP contribution in [0.2, 0.25) is 0 Å². The summed E-state index contributed by atoms with van der Waals surface area (Å²) in [6.07, 6.45) is 10.1. The van der Waals surface area contributed by atoms with E-state index in [1.807, 2.05) is 49.3 Å². The number of methoxy groups -OCH3 is 1. The first-order valence-electron chi connectivity index (χ1n) is 11.6. The van der Waals surface area contributed by atoms with Crippen molar-refractivity contribution in [1.82, 2.24) is 29.9 Å². The number of ether oxygens (including phenoxy) is 1. The quantitative estimate of drug-likeness (QED) is 0.588. The number of rotatable bonds is 6. The molecule has 4 heterocycles. The van der Waals surface area contributed by atoms with E-state index in [2.05, 4.69) is 32.1 Å². The Balaban J connectivity index is 1.36. The van der Waals surface area contributed by atoms with E-state index in [-0.39, 0.29) is 12.1 Å². The van der Waals surface area contributed by atoms with Crippen LogP contribution in [0.15, 0.2) is 36.8 Å². The number of anilines is 1. The van der Waals surface area contributed by atoms with Crippen molar-refractivity contribution in [3.05, 3.63) is 48.2 Å². The molecular formula is C24H31N7O. The zero-order valence-corrected chi connectivity index (χ0v) is 19.1. The molecule has 0 unspecified atom stereocenters. The van der Waals surface area contributed by atoms with Crippen LogP contribution in [0.3, 0.4) is 0 Å². The summed E-state index contributed by atoms with van der Waals surface area (Å²) < 4.78 is 7.95. The Bertz CT molecular complexity index is 1050. The summed E-state index contributed by atoms with van der Waals surface area (Å²) in [7, 11) is 1.81. The van der Waals surface area contributed by atoms with Crippen LogP contribution in [0.1, 0.15) is 43.6 Å². The molecule has 0 N–H and O–H groups in total. The smallest absolute Gasteiger partial charge is 0.135 e. The molecule has 3 aromatic rings. The summed E-state index contributed by atoms with van der Waals surface area (Å²) in [5, 5.41) is 8.86. The molecule has 1 saturated heterocycles. The highest BCUT2D eigenvalue weighted by Gasteiger charge is 2.44. The maximum atomic E-state index is 5.96. The van der Waals surface area contributed by atoms with Crippen LogP contribution in [0.5, 0.6) is 0 Å². The second-order valence-corrected chi connectivity index (χ2v) is 9.05. The number of hydrogen-bond acceptors (Lipinski definition) is 7. The fraction of sp³-hybridized carbons (Fsp3) is 0.542. The van der Waals surface area contributed by atoms with Crippen LogP contribution in [-0.2, 0) is 11.2 Å². The Morgan fingerprint density at radius 2 is 1.94 bits per heavy atom. The summed E-state index contributed by atoms with van der Waals surface area (Å²) in [5.74, 6) is 3.14. The first-order chi connectivity index (χ1) is 15.7. The highest BCUT2D eigenvalue weighted by molar-refractivity contribution is 5.51. The molecule has 0 bridgehead atoms. The molecule has 8 heteroatoms. The maximum Gasteiger partial charge on any atom is 0.135 e. The largest absolute Gasteiger partial charge is 0.379 e. The highest BCUT2D eigenvalue weighted by Crippen LogP contribution is 2.43. The Hall–Kier alpha value is -2.87. The fourth-order valence-electron chi connectivity index (χ4n) is 5.37. The fourth-order valence-corrected chi connectivity index (χ4v) is 5.37. The van der Waals surface area contributed by atoms with Crippen molar-refractivity contribution >= 4 is 5.82 Å². The Kier molecular flexibility index (Phi) is 5.87. The van der Waals surface area contributed by atoms with E-state index < -0.39 is 0 Å². The van der Waals surface area contributed by atoms with Gasteiger partial charge in [0.15, 0.2) is 0 Å². The number of nitrogens with zero attached hydrogens (tertiary/aromatic N) is 7. The van der Waals surface area contributed by atoms with Gasteiger partial charge in [0, 0.05) is 38.2 Å². The van der Waals surface area contributed by atoms with Gasteiger partial charge < -0.3 is 9.64 Å². The zero-order valence-electron chi connectivity index (χ0n) is 19.1. The van der Waals surface area contributed by atoms with Crippen molar-refractivity contribution in [1.29, 1.82) is 0 Å². The average molecular weight is 434 g/mol. The maximum absolute atomic E-state index is 5.96. The van der Waals surface area contributed by atoms with Gasteiger partial charge in [-0.2, -0.15) is 0 Å². The molecule has 1 aliphatic carbocycles. The third-order valence-corrected chi connectivity index (χ3v) is 6.95. The van der Waals surface area contributed by atoms with Crippen LogP contribution >= 0.6 is 0 Å². The first kappa shape index (κ1) is 21.0. The van der Waals surface area contributed by atoms with E-state index in [1.165, 1.54) is 5.56 Å². The summed E-state index contributed by atoms with van der Waals surface area (Å²) in [6, 6.07) is 6.02.